The molecule has 160 valence electrons. The molecule has 0 amide bonds. The molecule has 0 fully saturated rings. The molecule has 1 aliphatic heterocycles. The summed E-state index contributed by atoms with van der Waals surface area (Å²) in [4.78, 5) is 16.7. The molecule has 0 saturated carbocycles. The number of hydrazone groups is 1. The van der Waals surface area contributed by atoms with Gasteiger partial charge in [-0.3, -0.25) is 10.1 Å². The van der Waals surface area contributed by atoms with Crippen LogP contribution in [0.2, 0.25) is 0 Å². The zero-order chi connectivity index (χ0) is 22.1. The van der Waals surface area contributed by atoms with Crippen LogP contribution in [0.5, 0.6) is 5.75 Å². The summed E-state index contributed by atoms with van der Waals surface area (Å²) < 4.78 is 5.30. The number of hydrogen-bond acceptors (Lipinski definition) is 8. The molecule has 1 aliphatic rings. The molecule has 7 nitrogen and oxygen atoms in total. The summed E-state index contributed by atoms with van der Waals surface area (Å²) in [5.41, 5.74) is 3.60. The van der Waals surface area contributed by atoms with Crippen molar-refractivity contribution in [3.63, 3.8) is 0 Å². The highest BCUT2D eigenvalue weighted by molar-refractivity contribution is 7.14. The van der Waals surface area contributed by atoms with Crippen molar-refractivity contribution in [1.82, 2.24) is 4.98 Å². The van der Waals surface area contributed by atoms with Crippen molar-refractivity contribution in [3.05, 3.63) is 92.0 Å². The van der Waals surface area contributed by atoms with E-state index in [4.69, 9.17) is 14.8 Å². The first-order chi connectivity index (χ1) is 15.6. The molecule has 9 heteroatoms. The van der Waals surface area contributed by atoms with Crippen LogP contribution in [0.3, 0.4) is 0 Å². The summed E-state index contributed by atoms with van der Waals surface area (Å²) in [5.74, 6) is 0.805. The Kier molecular flexibility index (Phi) is 5.42. The Morgan fingerprint density at radius 3 is 2.69 bits per heavy atom. The third-order valence-electron chi connectivity index (χ3n) is 5.26. The van der Waals surface area contributed by atoms with E-state index in [0.717, 1.165) is 33.5 Å². The molecule has 1 atom stereocenters. The zero-order valence-corrected chi connectivity index (χ0v) is 18.7. The average Bonchev–Trinajstić information content (AvgIpc) is 3.59. The molecule has 3 heterocycles. The number of nitro groups is 1. The van der Waals surface area contributed by atoms with Crippen molar-refractivity contribution in [2.24, 2.45) is 5.10 Å². The van der Waals surface area contributed by atoms with Crippen molar-refractivity contribution >= 4 is 39.2 Å². The van der Waals surface area contributed by atoms with Crippen molar-refractivity contribution in [1.29, 1.82) is 0 Å². The standard InChI is InChI=1S/C23H18N4O3S2/c1-30-18-9-7-15(8-10-18)21-13-19(22-6-3-11-31-22)25-26(21)23-24-20(14-32-23)16-4-2-5-17(12-16)27(28)29/h2-12,14,21H,13H2,1H3. The Labute approximate surface area is 192 Å². The Balaban J connectivity index is 1.51. The molecule has 4 aromatic rings. The molecule has 2 aromatic heterocycles. The van der Waals surface area contributed by atoms with Gasteiger partial charge in [0.25, 0.3) is 5.69 Å². The molecule has 0 N–H and O–H groups in total. The Morgan fingerprint density at radius 2 is 1.97 bits per heavy atom. The SMILES string of the molecule is COc1ccc(C2CC(c3cccs3)=NN2c2nc(-c3cccc([N+](=O)[O-])c3)cs2)cc1. The first-order valence-electron chi connectivity index (χ1n) is 9.87. The van der Waals surface area contributed by atoms with Crippen LogP contribution in [0.4, 0.5) is 10.8 Å². The van der Waals surface area contributed by atoms with E-state index in [-0.39, 0.29) is 11.7 Å². The van der Waals surface area contributed by atoms with Gasteiger partial charge in [0.15, 0.2) is 0 Å². The summed E-state index contributed by atoms with van der Waals surface area (Å²) in [6.07, 6.45) is 0.762. The second-order valence-corrected chi connectivity index (χ2v) is 8.97. The minimum atomic E-state index is -0.394. The van der Waals surface area contributed by atoms with E-state index in [1.165, 1.54) is 17.4 Å². The lowest BCUT2D eigenvalue weighted by Gasteiger charge is -2.21. The van der Waals surface area contributed by atoms with Gasteiger partial charge in [0.2, 0.25) is 5.13 Å². The highest BCUT2D eigenvalue weighted by Crippen LogP contribution is 2.40. The lowest BCUT2D eigenvalue weighted by Crippen LogP contribution is -2.18. The van der Waals surface area contributed by atoms with Gasteiger partial charge in [-0.1, -0.05) is 30.3 Å². The van der Waals surface area contributed by atoms with Crippen LogP contribution in [0, 0.1) is 10.1 Å². The van der Waals surface area contributed by atoms with E-state index in [1.54, 1.807) is 30.6 Å². The molecule has 0 bridgehead atoms. The zero-order valence-electron chi connectivity index (χ0n) is 17.0. The van der Waals surface area contributed by atoms with Crippen LogP contribution in [0.15, 0.2) is 76.5 Å². The molecule has 0 radical (unpaired) electrons. The number of hydrogen-bond donors (Lipinski definition) is 0. The van der Waals surface area contributed by atoms with E-state index in [1.807, 2.05) is 40.0 Å². The highest BCUT2D eigenvalue weighted by Gasteiger charge is 2.32. The van der Waals surface area contributed by atoms with Gasteiger partial charge in [0.05, 0.1) is 34.4 Å². The molecule has 1 unspecified atom stereocenters. The minimum Gasteiger partial charge on any atom is -0.497 e. The molecule has 0 saturated heterocycles. The fourth-order valence-electron chi connectivity index (χ4n) is 3.64. The van der Waals surface area contributed by atoms with Gasteiger partial charge in [0.1, 0.15) is 5.75 Å². The van der Waals surface area contributed by atoms with Crippen LogP contribution in [0.25, 0.3) is 11.3 Å². The summed E-state index contributed by atoms with van der Waals surface area (Å²) in [7, 11) is 1.65. The summed E-state index contributed by atoms with van der Waals surface area (Å²) in [6, 6.07) is 18.6. The smallest absolute Gasteiger partial charge is 0.270 e. The largest absolute Gasteiger partial charge is 0.497 e. The number of non-ortho nitro benzene ring substituents is 1. The molecule has 0 aliphatic carbocycles. The van der Waals surface area contributed by atoms with Gasteiger partial charge < -0.3 is 4.74 Å². The van der Waals surface area contributed by atoms with E-state index in [2.05, 4.69) is 18.2 Å². The molecular weight excluding hydrogens is 444 g/mol. The van der Waals surface area contributed by atoms with Gasteiger partial charge in [-0.15, -0.1) is 22.7 Å². The van der Waals surface area contributed by atoms with Crippen LogP contribution in [0.1, 0.15) is 22.9 Å². The van der Waals surface area contributed by atoms with Crippen LogP contribution >= 0.6 is 22.7 Å². The molecular formula is C23H18N4O3S2. The molecule has 32 heavy (non-hydrogen) atoms. The number of nitro benzene ring substituents is 1. The number of nitrogens with zero attached hydrogens (tertiary/aromatic N) is 4. The number of thiazole rings is 1. The minimum absolute atomic E-state index is 0.00196. The predicted octanol–water partition coefficient (Wildman–Crippen LogP) is 6.14. The maximum atomic E-state index is 11.1. The number of methoxy groups -OCH3 is 1. The number of aromatic nitrogens is 1. The topological polar surface area (TPSA) is 80.9 Å². The second kappa shape index (κ2) is 8.52. The normalized spacial score (nSPS) is 15.6. The number of benzene rings is 2. The van der Waals surface area contributed by atoms with Crippen molar-refractivity contribution in [3.8, 4) is 17.0 Å². The Hall–Kier alpha value is -3.56. The summed E-state index contributed by atoms with van der Waals surface area (Å²) in [6.45, 7) is 0. The van der Waals surface area contributed by atoms with Gasteiger partial charge in [0, 0.05) is 29.5 Å². The van der Waals surface area contributed by atoms with Crippen molar-refractivity contribution in [2.75, 3.05) is 12.1 Å². The van der Waals surface area contributed by atoms with Crippen molar-refractivity contribution in [2.45, 2.75) is 12.5 Å². The first kappa shape index (κ1) is 20.3. The van der Waals surface area contributed by atoms with E-state index in [9.17, 15) is 10.1 Å². The maximum absolute atomic E-state index is 11.1. The van der Waals surface area contributed by atoms with E-state index in [0.29, 0.717) is 11.3 Å². The van der Waals surface area contributed by atoms with E-state index >= 15 is 0 Å². The Bertz CT molecular complexity index is 1280. The van der Waals surface area contributed by atoms with Crippen LogP contribution in [-0.4, -0.2) is 22.7 Å². The number of rotatable bonds is 6. The quantitative estimate of drug-likeness (QED) is 0.254. The van der Waals surface area contributed by atoms with Gasteiger partial charge in [-0.2, -0.15) is 5.10 Å². The summed E-state index contributed by atoms with van der Waals surface area (Å²) in [5, 5.41) is 22.7. The highest BCUT2D eigenvalue weighted by atomic mass is 32.1. The third kappa shape index (κ3) is 3.88. The van der Waals surface area contributed by atoms with Gasteiger partial charge in [-0.05, 0) is 29.1 Å². The van der Waals surface area contributed by atoms with E-state index < -0.39 is 4.92 Å². The fourth-order valence-corrected chi connectivity index (χ4v) is 5.20. The summed E-state index contributed by atoms with van der Waals surface area (Å²) >= 11 is 3.15. The van der Waals surface area contributed by atoms with Gasteiger partial charge in [-0.25, -0.2) is 9.99 Å². The number of ether oxygens (including phenoxy) is 1. The monoisotopic (exact) mass is 462 g/mol. The first-order valence-corrected chi connectivity index (χ1v) is 11.6. The fraction of sp³-hybridized carbons (Fsp3) is 0.130. The van der Waals surface area contributed by atoms with Crippen molar-refractivity contribution < 1.29 is 9.66 Å². The number of anilines is 1. The van der Waals surface area contributed by atoms with Crippen LogP contribution < -0.4 is 9.75 Å². The average molecular weight is 463 g/mol. The second-order valence-electron chi connectivity index (χ2n) is 7.18. The third-order valence-corrected chi connectivity index (χ3v) is 7.01. The molecule has 2 aromatic carbocycles. The molecule has 0 spiro atoms. The Morgan fingerprint density at radius 1 is 1.12 bits per heavy atom. The predicted molar refractivity (Wildman–Crippen MR) is 128 cm³/mol. The lowest BCUT2D eigenvalue weighted by molar-refractivity contribution is -0.384. The number of thiophene rings is 1. The van der Waals surface area contributed by atoms with Crippen LogP contribution in [-0.2, 0) is 0 Å². The van der Waals surface area contributed by atoms with Gasteiger partial charge >= 0.3 is 0 Å². The maximum Gasteiger partial charge on any atom is 0.270 e. The lowest BCUT2D eigenvalue weighted by atomic mass is 10.0. The molecule has 5 rings (SSSR count).